The minimum atomic E-state index is -0.788. The number of ether oxygens (including phenoxy) is 1. The lowest BCUT2D eigenvalue weighted by molar-refractivity contribution is -0.151. The van der Waals surface area contributed by atoms with Gasteiger partial charge in [0, 0.05) is 17.6 Å². The van der Waals surface area contributed by atoms with Gasteiger partial charge in [0.2, 0.25) is 0 Å². The van der Waals surface area contributed by atoms with Gasteiger partial charge in [0.05, 0.1) is 19.5 Å². The second-order valence-electron chi connectivity index (χ2n) is 11.0. The predicted molar refractivity (Wildman–Crippen MR) is 146 cm³/mol. The van der Waals surface area contributed by atoms with E-state index in [1.165, 1.54) is 38.4 Å². The topological polar surface area (TPSA) is 45.1 Å². The Balaban J connectivity index is 1.75. The minimum Gasteiger partial charge on any atom is -0.467 e. The monoisotopic (exact) mass is 503 g/mol. The third kappa shape index (κ3) is 6.05. The van der Waals surface area contributed by atoms with E-state index in [0.717, 1.165) is 37.3 Å². The van der Waals surface area contributed by atoms with Crippen molar-refractivity contribution in [2.24, 2.45) is 22.7 Å². The summed E-state index contributed by atoms with van der Waals surface area (Å²) in [6.45, 7) is 7.48. The summed E-state index contributed by atoms with van der Waals surface area (Å²) in [5, 5.41) is 0.789. The molecule has 4 atom stereocenters. The van der Waals surface area contributed by atoms with Crippen molar-refractivity contribution in [2.45, 2.75) is 89.8 Å². The zero-order valence-corrected chi connectivity index (χ0v) is 23.4. The van der Waals surface area contributed by atoms with Crippen LogP contribution in [-0.2, 0) is 9.53 Å². The van der Waals surface area contributed by atoms with Gasteiger partial charge in [-0.25, -0.2) is 4.79 Å². The van der Waals surface area contributed by atoms with Crippen molar-refractivity contribution in [3.63, 3.8) is 0 Å². The number of carbonyl (C=O) groups excluding carboxylic acids is 1. The molecule has 4 unspecified atom stereocenters. The largest absolute Gasteiger partial charge is 0.467 e. The number of aliphatic imine (C=N–C) groups is 1. The molecular weight excluding hydrogens is 458 g/mol. The Morgan fingerprint density at radius 2 is 1.86 bits per heavy atom. The maximum absolute atomic E-state index is 13.2. The first kappa shape index (κ1) is 28.0. The molecule has 1 aliphatic heterocycles. The molecule has 0 N–H and O–H groups in total. The maximum Gasteiger partial charge on any atom is 0.336 e. The molecule has 0 saturated heterocycles. The fourth-order valence-electron chi connectivity index (χ4n) is 6.49. The Labute approximate surface area is 218 Å². The highest BCUT2D eigenvalue weighted by atomic mass is 35.5. The molecule has 3 rings (SSSR count). The molecule has 6 heteroatoms. The van der Waals surface area contributed by atoms with Crippen LogP contribution in [0.2, 0.25) is 5.02 Å². The van der Waals surface area contributed by atoms with Gasteiger partial charge in [-0.3, -0.25) is 4.99 Å². The zero-order valence-electron chi connectivity index (χ0n) is 22.7. The Morgan fingerprint density at radius 1 is 1.20 bits per heavy atom. The van der Waals surface area contributed by atoms with E-state index < -0.39 is 5.54 Å². The van der Waals surface area contributed by atoms with Gasteiger partial charge in [0.15, 0.2) is 5.54 Å². The average Bonchev–Trinajstić information content (AvgIpc) is 3.22. The van der Waals surface area contributed by atoms with E-state index in [0.29, 0.717) is 17.9 Å². The van der Waals surface area contributed by atoms with Gasteiger partial charge in [-0.15, -0.1) is 0 Å². The van der Waals surface area contributed by atoms with Gasteiger partial charge in [-0.1, -0.05) is 70.2 Å². The van der Waals surface area contributed by atoms with Crippen molar-refractivity contribution in [1.82, 2.24) is 9.80 Å². The third-order valence-electron chi connectivity index (χ3n) is 8.64. The Bertz CT molecular complexity index is 835. The molecule has 1 saturated carbocycles. The van der Waals surface area contributed by atoms with Crippen LogP contribution in [0, 0.1) is 17.8 Å². The molecule has 1 fully saturated rings. The molecular formula is C29H46ClN3O2. The summed E-state index contributed by atoms with van der Waals surface area (Å²) in [6.07, 6.45) is 10.9. The number of benzene rings is 1. The normalized spacial score (nSPS) is 28.3. The molecule has 35 heavy (non-hydrogen) atoms. The molecule has 196 valence electrons. The average molecular weight is 504 g/mol. The number of nitrogens with zero attached hydrogens (tertiary/aromatic N) is 3. The first-order valence-electron chi connectivity index (χ1n) is 13.6. The lowest BCUT2D eigenvalue weighted by Gasteiger charge is -2.42. The molecule has 2 aliphatic rings. The number of rotatable bonds is 11. The van der Waals surface area contributed by atoms with Crippen LogP contribution in [0.3, 0.4) is 0 Å². The lowest BCUT2D eigenvalue weighted by Crippen LogP contribution is -2.56. The van der Waals surface area contributed by atoms with Crippen LogP contribution in [-0.4, -0.2) is 61.4 Å². The van der Waals surface area contributed by atoms with Crippen LogP contribution < -0.4 is 0 Å². The predicted octanol–water partition coefficient (Wildman–Crippen LogP) is 6.61. The Morgan fingerprint density at radius 3 is 2.40 bits per heavy atom. The lowest BCUT2D eigenvalue weighted by atomic mass is 9.70. The first-order valence-corrected chi connectivity index (χ1v) is 14.0. The van der Waals surface area contributed by atoms with Crippen LogP contribution in [0.25, 0.3) is 0 Å². The van der Waals surface area contributed by atoms with E-state index in [-0.39, 0.29) is 17.9 Å². The molecule has 5 nitrogen and oxygen atoms in total. The third-order valence-corrected chi connectivity index (χ3v) is 8.89. The molecule has 1 aliphatic carbocycles. The number of methoxy groups -OCH3 is 1. The first-order chi connectivity index (χ1) is 16.8. The minimum absolute atomic E-state index is 0.0823. The van der Waals surface area contributed by atoms with Gasteiger partial charge < -0.3 is 14.5 Å². The molecule has 0 aromatic heterocycles. The summed E-state index contributed by atoms with van der Waals surface area (Å²) >= 11 is 6.15. The van der Waals surface area contributed by atoms with Crippen LogP contribution in [0.5, 0.6) is 0 Å². The van der Waals surface area contributed by atoms with Gasteiger partial charge in [0.1, 0.15) is 0 Å². The number of carbonyl (C=O) groups is 1. The molecule has 1 aromatic rings. The van der Waals surface area contributed by atoms with Gasteiger partial charge in [0.25, 0.3) is 0 Å². The number of hydrogen-bond acceptors (Lipinski definition) is 5. The summed E-state index contributed by atoms with van der Waals surface area (Å²) in [5.74, 6) is 1.19. The zero-order chi connectivity index (χ0) is 25.6. The Hall–Kier alpha value is -1.59. The van der Waals surface area contributed by atoms with E-state index >= 15 is 0 Å². The van der Waals surface area contributed by atoms with Crippen LogP contribution in [0.4, 0.5) is 0 Å². The number of halogens is 1. The van der Waals surface area contributed by atoms with Crippen LogP contribution in [0.1, 0.15) is 83.7 Å². The summed E-state index contributed by atoms with van der Waals surface area (Å²) in [6, 6.07) is 8.85. The number of hydrogen-bond donors (Lipinski definition) is 0. The fraction of sp³-hybridized carbons (Fsp3) is 0.724. The highest BCUT2D eigenvalue weighted by Crippen LogP contribution is 2.45. The van der Waals surface area contributed by atoms with E-state index in [1.54, 1.807) is 0 Å². The van der Waals surface area contributed by atoms with E-state index in [1.807, 2.05) is 18.5 Å². The number of esters is 1. The van der Waals surface area contributed by atoms with Gasteiger partial charge in [-0.2, -0.15) is 0 Å². The standard InChI is InChI=1S/C29H46ClN3O2/c1-7-9-18-33-20-31-29(21(3)8-2,28(34)35-6)26(33)19-22-10-12-23(13-11-22)27(32(4)5)24-14-16-25(30)17-15-24/h14-17,20-23,26-27H,7-13,18-19H2,1-6H3. The molecule has 1 heterocycles. The summed E-state index contributed by atoms with van der Waals surface area (Å²) in [7, 11) is 5.88. The maximum atomic E-state index is 13.2. The molecule has 0 amide bonds. The Kier molecular flexibility index (Phi) is 10.1. The number of unbranched alkanes of at least 4 members (excludes halogenated alkanes) is 1. The van der Waals surface area contributed by atoms with E-state index in [9.17, 15) is 4.79 Å². The smallest absolute Gasteiger partial charge is 0.336 e. The molecule has 0 spiro atoms. The van der Waals surface area contributed by atoms with Gasteiger partial charge in [-0.05, 0) is 75.2 Å². The van der Waals surface area contributed by atoms with Crippen molar-refractivity contribution in [3.8, 4) is 0 Å². The second kappa shape index (κ2) is 12.6. The van der Waals surface area contributed by atoms with E-state index in [4.69, 9.17) is 21.3 Å². The highest BCUT2D eigenvalue weighted by molar-refractivity contribution is 6.30. The molecule has 0 bridgehead atoms. The highest BCUT2D eigenvalue weighted by Gasteiger charge is 2.55. The fourth-order valence-corrected chi connectivity index (χ4v) is 6.61. The van der Waals surface area contributed by atoms with Crippen molar-refractivity contribution in [1.29, 1.82) is 0 Å². The second-order valence-corrected chi connectivity index (χ2v) is 11.4. The van der Waals surface area contributed by atoms with E-state index in [2.05, 4.69) is 56.8 Å². The summed E-state index contributed by atoms with van der Waals surface area (Å²) in [4.78, 5) is 22.9. The van der Waals surface area contributed by atoms with Crippen LogP contribution in [0.15, 0.2) is 29.3 Å². The SMILES string of the molecule is CCCCN1C=NC(C(=O)OC)(C(C)CC)C1CC1CCC(C(c2ccc(Cl)cc2)N(C)C)CC1. The van der Waals surface area contributed by atoms with Crippen molar-refractivity contribution < 1.29 is 9.53 Å². The van der Waals surface area contributed by atoms with Crippen molar-refractivity contribution in [2.75, 3.05) is 27.7 Å². The molecule has 1 aromatic carbocycles. The van der Waals surface area contributed by atoms with Crippen LogP contribution >= 0.6 is 11.6 Å². The van der Waals surface area contributed by atoms with Crippen molar-refractivity contribution >= 4 is 23.9 Å². The summed E-state index contributed by atoms with van der Waals surface area (Å²) in [5.41, 5.74) is 0.558. The summed E-state index contributed by atoms with van der Waals surface area (Å²) < 4.78 is 5.37. The molecule has 0 radical (unpaired) electrons. The quantitative estimate of drug-likeness (QED) is 0.319. The van der Waals surface area contributed by atoms with Crippen molar-refractivity contribution in [3.05, 3.63) is 34.9 Å². The van der Waals surface area contributed by atoms with Gasteiger partial charge >= 0.3 is 5.97 Å².